The van der Waals surface area contributed by atoms with Crippen molar-refractivity contribution < 1.29 is 18.7 Å². The van der Waals surface area contributed by atoms with Crippen molar-refractivity contribution in [3.05, 3.63) is 81.1 Å². The number of benzene rings is 1. The molecule has 10 heteroatoms. The number of carbonyl (C=O) groups excluding carboxylic acids is 2. The van der Waals surface area contributed by atoms with Gasteiger partial charge < -0.3 is 14.5 Å². The van der Waals surface area contributed by atoms with Gasteiger partial charge in [0.25, 0.3) is 11.5 Å². The molecule has 30 heavy (non-hydrogen) atoms. The highest BCUT2D eigenvalue weighted by molar-refractivity contribution is 7.16. The van der Waals surface area contributed by atoms with Gasteiger partial charge in [0.15, 0.2) is 5.76 Å². The zero-order valence-corrected chi connectivity index (χ0v) is 16.6. The van der Waals surface area contributed by atoms with Crippen molar-refractivity contribution in [2.24, 2.45) is 0 Å². The molecule has 3 aromatic heterocycles. The Morgan fingerprint density at radius 3 is 2.83 bits per heavy atom. The minimum absolute atomic E-state index is 0.118. The van der Waals surface area contributed by atoms with Crippen LogP contribution < -0.4 is 10.9 Å². The number of anilines is 1. The van der Waals surface area contributed by atoms with Crippen LogP contribution in [-0.2, 0) is 17.8 Å². The first-order valence-electron chi connectivity index (χ1n) is 9.05. The molecule has 1 N–H and O–H groups in total. The number of aromatic nitrogens is 3. The molecule has 9 nitrogen and oxygen atoms in total. The highest BCUT2D eigenvalue weighted by Crippen LogP contribution is 2.18. The van der Waals surface area contributed by atoms with Crippen LogP contribution in [0.1, 0.15) is 38.5 Å². The van der Waals surface area contributed by atoms with Gasteiger partial charge in [-0.25, -0.2) is 9.78 Å². The predicted molar refractivity (Wildman–Crippen MR) is 109 cm³/mol. The van der Waals surface area contributed by atoms with Gasteiger partial charge in [0.1, 0.15) is 11.6 Å². The maximum atomic E-state index is 12.6. The molecule has 4 rings (SSSR count). The molecular formula is C20H16N4O5S. The number of aryl methyl sites for hydroxylation is 1. The number of nitrogens with zero attached hydrogens (tertiary/aromatic N) is 3. The summed E-state index contributed by atoms with van der Waals surface area (Å²) >= 11 is 1.31. The molecule has 4 aromatic rings. The van der Waals surface area contributed by atoms with Gasteiger partial charge in [0, 0.05) is 6.07 Å². The van der Waals surface area contributed by atoms with Gasteiger partial charge in [-0.1, -0.05) is 30.4 Å². The molecular weight excluding hydrogens is 408 g/mol. The second-order valence-electron chi connectivity index (χ2n) is 6.18. The van der Waals surface area contributed by atoms with Crippen molar-refractivity contribution in [3.63, 3.8) is 0 Å². The molecule has 0 bridgehead atoms. The maximum Gasteiger partial charge on any atom is 0.340 e. The SMILES string of the molecule is CCc1nn2c(=O)cc(COC(=O)c3ccccc3NC(=O)c3ccco3)nc2s1. The number of hydrogen-bond donors (Lipinski definition) is 1. The number of carbonyl (C=O) groups is 2. The van der Waals surface area contributed by atoms with Crippen molar-refractivity contribution >= 4 is 33.9 Å². The van der Waals surface area contributed by atoms with E-state index in [-0.39, 0.29) is 29.2 Å². The molecule has 1 amide bonds. The third kappa shape index (κ3) is 3.98. The Kier molecular flexibility index (Phi) is 5.40. The quantitative estimate of drug-likeness (QED) is 0.473. The predicted octanol–water partition coefficient (Wildman–Crippen LogP) is 2.92. The van der Waals surface area contributed by atoms with E-state index < -0.39 is 11.9 Å². The monoisotopic (exact) mass is 424 g/mol. The van der Waals surface area contributed by atoms with E-state index in [0.717, 1.165) is 5.01 Å². The fourth-order valence-electron chi connectivity index (χ4n) is 2.69. The van der Waals surface area contributed by atoms with Crippen LogP contribution in [0.3, 0.4) is 0 Å². The zero-order valence-electron chi connectivity index (χ0n) is 15.8. The zero-order chi connectivity index (χ0) is 21.1. The third-order valence-corrected chi connectivity index (χ3v) is 5.19. The van der Waals surface area contributed by atoms with Crippen LogP contribution in [0.25, 0.3) is 4.96 Å². The molecule has 0 saturated heterocycles. The Bertz CT molecular complexity index is 1280. The van der Waals surface area contributed by atoms with Crippen LogP contribution in [0, 0.1) is 0 Å². The number of fused-ring (bicyclic) bond motifs is 1. The average molecular weight is 424 g/mol. The van der Waals surface area contributed by atoms with Gasteiger partial charge in [-0.2, -0.15) is 9.61 Å². The van der Waals surface area contributed by atoms with Crippen molar-refractivity contribution in [3.8, 4) is 0 Å². The molecule has 0 unspecified atom stereocenters. The van der Waals surface area contributed by atoms with E-state index in [9.17, 15) is 14.4 Å². The van der Waals surface area contributed by atoms with Gasteiger partial charge in [-0.3, -0.25) is 9.59 Å². The van der Waals surface area contributed by atoms with Crippen molar-refractivity contribution in [2.45, 2.75) is 20.0 Å². The summed E-state index contributed by atoms with van der Waals surface area (Å²) < 4.78 is 11.6. The highest BCUT2D eigenvalue weighted by atomic mass is 32.1. The second kappa shape index (κ2) is 8.29. The second-order valence-corrected chi connectivity index (χ2v) is 7.22. The summed E-state index contributed by atoms with van der Waals surface area (Å²) in [5.41, 5.74) is 0.425. The van der Waals surface area contributed by atoms with Gasteiger partial charge in [-0.15, -0.1) is 0 Å². The average Bonchev–Trinajstić information content (AvgIpc) is 3.42. The Hall–Kier alpha value is -3.79. The largest absolute Gasteiger partial charge is 0.459 e. The minimum atomic E-state index is -0.661. The van der Waals surface area contributed by atoms with Gasteiger partial charge in [0.05, 0.1) is 23.2 Å². The summed E-state index contributed by atoms with van der Waals surface area (Å²) in [4.78, 5) is 41.8. The van der Waals surface area contributed by atoms with E-state index in [0.29, 0.717) is 17.1 Å². The topological polar surface area (TPSA) is 116 Å². The van der Waals surface area contributed by atoms with Gasteiger partial charge >= 0.3 is 5.97 Å². The lowest BCUT2D eigenvalue weighted by Gasteiger charge is -2.10. The van der Waals surface area contributed by atoms with E-state index in [1.807, 2.05) is 6.92 Å². The van der Waals surface area contributed by atoms with Crippen LogP contribution in [0.4, 0.5) is 5.69 Å². The molecule has 152 valence electrons. The standard InChI is InChI=1S/C20H16N4O5S/c1-2-16-23-24-17(25)10-12(21-20(24)30-16)11-29-19(27)13-6-3-4-7-14(13)22-18(26)15-8-5-9-28-15/h3-10H,2,11H2,1H3,(H,22,26). The Morgan fingerprint density at radius 1 is 1.23 bits per heavy atom. The molecule has 1 aromatic carbocycles. The molecule has 3 heterocycles. The lowest BCUT2D eigenvalue weighted by atomic mass is 10.1. The molecule has 0 aliphatic heterocycles. The molecule has 0 aliphatic carbocycles. The first-order chi connectivity index (χ1) is 14.5. The number of ether oxygens (including phenoxy) is 1. The number of esters is 1. The molecule has 0 fully saturated rings. The number of nitrogens with one attached hydrogen (secondary N) is 1. The fraction of sp³-hybridized carbons (Fsp3) is 0.150. The smallest absolute Gasteiger partial charge is 0.340 e. The van der Waals surface area contributed by atoms with E-state index in [1.165, 1.54) is 40.3 Å². The summed E-state index contributed by atoms with van der Waals surface area (Å²) in [5, 5.41) is 7.59. The van der Waals surface area contributed by atoms with E-state index in [1.54, 1.807) is 24.3 Å². The van der Waals surface area contributed by atoms with Crippen LogP contribution in [-0.4, -0.2) is 26.5 Å². The third-order valence-electron chi connectivity index (χ3n) is 4.13. The van der Waals surface area contributed by atoms with E-state index >= 15 is 0 Å². The fourth-order valence-corrected chi connectivity index (χ4v) is 3.55. The number of hydrogen-bond acceptors (Lipinski definition) is 8. The minimum Gasteiger partial charge on any atom is -0.459 e. The normalized spacial score (nSPS) is 10.8. The first kappa shape index (κ1) is 19.5. The van der Waals surface area contributed by atoms with Crippen molar-refractivity contribution in [1.82, 2.24) is 14.6 Å². The summed E-state index contributed by atoms with van der Waals surface area (Å²) in [6.45, 7) is 1.75. The van der Waals surface area contributed by atoms with Gasteiger partial charge in [0.2, 0.25) is 4.96 Å². The lowest BCUT2D eigenvalue weighted by molar-refractivity contribution is 0.0469. The number of para-hydroxylation sites is 1. The Morgan fingerprint density at radius 2 is 2.07 bits per heavy atom. The number of amides is 1. The van der Waals surface area contributed by atoms with Crippen LogP contribution >= 0.6 is 11.3 Å². The molecule has 0 radical (unpaired) electrons. The summed E-state index contributed by atoms with van der Waals surface area (Å²) in [6.07, 6.45) is 2.08. The van der Waals surface area contributed by atoms with Crippen molar-refractivity contribution in [1.29, 1.82) is 0 Å². The summed E-state index contributed by atoms with van der Waals surface area (Å²) in [7, 11) is 0. The van der Waals surface area contributed by atoms with Crippen LogP contribution in [0.2, 0.25) is 0 Å². The summed E-state index contributed by atoms with van der Waals surface area (Å²) in [5.74, 6) is -1.03. The molecule has 0 aliphatic rings. The summed E-state index contributed by atoms with van der Waals surface area (Å²) in [6, 6.07) is 10.8. The number of furan rings is 1. The number of rotatable bonds is 6. The first-order valence-corrected chi connectivity index (χ1v) is 9.86. The highest BCUT2D eigenvalue weighted by Gasteiger charge is 2.17. The molecule has 0 saturated carbocycles. The van der Waals surface area contributed by atoms with Crippen LogP contribution in [0.5, 0.6) is 0 Å². The van der Waals surface area contributed by atoms with Crippen molar-refractivity contribution in [2.75, 3.05) is 5.32 Å². The maximum absolute atomic E-state index is 12.6. The Balaban J connectivity index is 1.50. The lowest BCUT2D eigenvalue weighted by Crippen LogP contribution is -2.17. The Labute approximate surface area is 173 Å². The molecule has 0 atom stereocenters. The van der Waals surface area contributed by atoms with Crippen LogP contribution in [0.15, 0.2) is 57.9 Å². The van der Waals surface area contributed by atoms with E-state index in [4.69, 9.17) is 9.15 Å². The molecule has 0 spiro atoms. The van der Waals surface area contributed by atoms with E-state index in [2.05, 4.69) is 15.4 Å². The van der Waals surface area contributed by atoms with Gasteiger partial charge in [-0.05, 0) is 30.7 Å².